The molecule has 10 nitrogen and oxygen atoms in total. The van der Waals surface area contributed by atoms with Crippen molar-refractivity contribution in [3.05, 3.63) is 35.6 Å². The molecule has 2 saturated heterocycles. The van der Waals surface area contributed by atoms with E-state index in [1.165, 1.54) is 0 Å². The maximum absolute atomic E-state index is 13.6. The topological polar surface area (TPSA) is 112 Å². The van der Waals surface area contributed by atoms with Crippen LogP contribution in [0.2, 0.25) is 5.02 Å². The predicted octanol–water partition coefficient (Wildman–Crippen LogP) is 3.22. The van der Waals surface area contributed by atoms with E-state index in [-0.39, 0.29) is 24.6 Å². The molecule has 3 amide bonds. The average molecular weight is 529 g/mol. The Morgan fingerprint density at radius 3 is 2.84 bits per heavy atom. The van der Waals surface area contributed by atoms with Gasteiger partial charge in [0, 0.05) is 54.2 Å². The molecule has 0 radical (unpaired) electrons. The number of rotatable bonds is 5. The number of nitrogens with one attached hydrogen (secondary N) is 3. The zero-order chi connectivity index (χ0) is 26.2. The van der Waals surface area contributed by atoms with Gasteiger partial charge in [-0.3, -0.25) is 14.7 Å². The third-order valence-corrected chi connectivity index (χ3v) is 7.09. The minimum atomic E-state index is -0.532. The van der Waals surface area contributed by atoms with Crippen LogP contribution in [0, 0.1) is 0 Å². The second-order valence-corrected chi connectivity index (χ2v) is 10.8. The maximum Gasteiger partial charge on any atom is 0.317 e. The summed E-state index contributed by atoms with van der Waals surface area (Å²) < 4.78 is 11.4. The Balaban J connectivity index is 1.33. The van der Waals surface area contributed by atoms with Gasteiger partial charge in [-0.25, -0.2) is 4.79 Å². The first kappa shape index (κ1) is 25.7. The number of morpholine rings is 2. The largest absolute Gasteiger partial charge is 0.378 e. The molecule has 37 heavy (non-hydrogen) atoms. The number of benzene rings is 1. The SMILES string of the molecule is C[C@@H](CN1CC(C)(C)OCC1C(=O)Nc1cc(Cl)cc2c1[nH]c1cnccc12)NC(=O)N1CCOCC1. The number of amides is 3. The van der Waals surface area contributed by atoms with Crippen LogP contribution in [0.25, 0.3) is 21.8 Å². The fraction of sp³-hybridized carbons (Fsp3) is 0.500. The smallest absolute Gasteiger partial charge is 0.317 e. The summed E-state index contributed by atoms with van der Waals surface area (Å²) in [5.41, 5.74) is 1.83. The first-order valence-electron chi connectivity index (χ1n) is 12.6. The molecule has 2 fully saturated rings. The molecule has 0 aliphatic carbocycles. The van der Waals surface area contributed by atoms with Gasteiger partial charge in [-0.2, -0.15) is 0 Å². The van der Waals surface area contributed by atoms with Crippen LogP contribution in [0.15, 0.2) is 30.6 Å². The van der Waals surface area contributed by atoms with Crippen molar-refractivity contribution in [3.8, 4) is 0 Å². The molecular weight excluding hydrogens is 496 g/mol. The van der Waals surface area contributed by atoms with Crippen molar-refractivity contribution in [3.63, 3.8) is 0 Å². The van der Waals surface area contributed by atoms with Crippen LogP contribution >= 0.6 is 11.6 Å². The van der Waals surface area contributed by atoms with Crippen molar-refractivity contribution in [2.45, 2.75) is 38.5 Å². The van der Waals surface area contributed by atoms with Gasteiger partial charge < -0.3 is 30.0 Å². The summed E-state index contributed by atoms with van der Waals surface area (Å²) in [5.74, 6) is -0.192. The zero-order valence-corrected chi connectivity index (χ0v) is 22.1. The second-order valence-electron chi connectivity index (χ2n) is 10.4. The Labute approximate surface area is 220 Å². The molecule has 11 heteroatoms. The van der Waals surface area contributed by atoms with Gasteiger partial charge in [0.15, 0.2) is 0 Å². The highest BCUT2D eigenvalue weighted by molar-refractivity contribution is 6.33. The third-order valence-electron chi connectivity index (χ3n) is 6.87. The zero-order valence-electron chi connectivity index (χ0n) is 21.3. The highest BCUT2D eigenvalue weighted by Gasteiger charge is 2.38. The summed E-state index contributed by atoms with van der Waals surface area (Å²) >= 11 is 6.43. The Morgan fingerprint density at radius 2 is 2.05 bits per heavy atom. The van der Waals surface area contributed by atoms with Crippen molar-refractivity contribution < 1.29 is 19.1 Å². The number of urea groups is 1. The molecule has 1 unspecified atom stereocenters. The van der Waals surface area contributed by atoms with Crippen LogP contribution in [-0.4, -0.2) is 95.4 Å². The quantitative estimate of drug-likeness (QED) is 0.469. The standard InChI is InChI=1S/C26H33ClN6O4/c1-16(29-25(35)32-6-8-36-9-7-32)13-33-15-26(2,3)37-14-22(33)24(34)31-20-11-17(27)10-19-18-4-5-28-12-21(18)30-23(19)20/h4-5,10-12,16,22,30H,6-9,13-15H2,1-3H3,(H,29,35)(H,31,34)/t16-,22?/m0/s1. The van der Waals surface area contributed by atoms with Crippen LogP contribution in [0.1, 0.15) is 20.8 Å². The lowest BCUT2D eigenvalue weighted by atomic mass is 10.0. The highest BCUT2D eigenvalue weighted by Crippen LogP contribution is 2.33. The molecular formula is C26H33ClN6O4. The summed E-state index contributed by atoms with van der Waals surface area (Å²) in [6, 6.07) is 4.73. The Kier molecular flexibility index (Phi) is 7.26. The number of aromatic nitrogens is 2. The molecule has 2 aliphatic heterocycles. The van der Waals surface area contributed by atoms with E-state index in [2.05, 4.69) is 25.5 Å². The molecule has 1 aromatic carbocycles. The first-order chi connectivity index (χ1) is 17.7. The fourth-order valence-electron chi connectivity index (χ4n) is 5.09. The summed E-state index contributed by atoms with van der Waals surface area (Å²) in [4.78, 5) is 37.7. The molecule has 198 valence electrons. The molecule has 5 rings (SSSR count). The molecule has 2 aromatic heterocycles. The van der Waals surface area contributed by atoms with Crippen molar-refractivity contribution >= 4 is 51.0 Å². The van der Waals surface area contributed by atoms with Crippen LogP contribution in [0.4, 0.5) is 10.5 Å². The maximum atomic E-state index is 13.6. The van der Waals surface area contributed by atoms with Crippen molar-refractivity contribution in [1.29, 1.82) is 0 Å². The van der Waals surface area contributed by atoms with Gasteiger partial charge in [-0.05, 0) is 39.0 Å². The second kappa shape index (κ2) is 10.4. The number of hydrogen-bond donors (Lipinski definition) is 3. The van der Waals surface area contributed by atoms with Gasteiger partial charge in [0.1, 0.15) is 6.04 Å². The Morgan fingerprint density at radius 1 is 1.27 bits per heavy atom. The molecule has 0 saturated carbocycles. The molecule has 2 atom stereocenters. The third kappa shape index (κ3) is 5.67. The summed E-state index contributed by atoms with van der Waals surface area (Å²) in [7, 11) is 0. The molecule has 3 aromatic rings. The van der Waals surface area contributed by atoms with E-state index < -0.39 is 11.6 Å². The number of halogens is 1. The van der Waals surface area contributed by atoms with Crippen LogP contribution in [-0.2, 0) is 14.3 Å². The number of carbonyl (C=O) groups excluding carboxylic acids is 2. The number of anilines is 1. The van der Waals surface area contributed by atoms with E-state index in [4.69, 9.17) is 21.1 Å². The number of hydrogen-bond acceptors (Lipinski definition) is 6. The van der Waals surface area contributed by atoms with Gasteiger partial charge >= 0.3 is 6.03 Å². The van der Waals surface area contributed by atoms with Crippen molar-refractivity contribution in [2.75, 3.05) is 51.3 Å². The van der Waals surface area contributed by atoms with Crippen LogP contribution in [0.3, 0.4) is 0 Å². The van der Waals surface area contributed by atoms with E-state index in [0.29, 0.717) is 50.1 Å². The lowest BCUT2D eigenvalue weighted by Crippen LogP contribution is -2.61. The van der Waals surface area contributed by atoms with Crippen LogP contribution in [0.5, 0.6) is 0 Å². The average Bonchev–Trinajstić information content (AvgIpc) is 3.23. The van der Waals surface area contributed by atoms with Crippen LogP contribution < -0.4 is 10.6 Å². The first-order valence-corrected chi connectivity index (χ1v) is 12.9. The monoisotopic (exact) mass is 528 g/mol. The fourth-order valence-corrected chi connectivity index (χ4v) is 5.30. The van der Waals surface area contributed by atoms with Gasteiger partial charge in [-0.1, -0.05) is 11.6 Å². The van der Waals surface area contributed by atoms with Crippen molar-refractivity contribution in [1.82, 2.24) is 25.1 Å². The summed E-state index contributed by atoms with van der Waals surface area (Å²) in [6.07, 6.45) is 3.48. The highest BCUT2D eigenvalue weighted by atomic mass is 35.5. The summed E-state index contributed by atoms with van der Waals surface area (Å²) in [6.45, 7) is 9.50. The molecule has 3 N–H and O–H groups in total. The predicted molar refractivity (Wildman–Crippen MR) is 143 cm³/mol. The number of carbonyl (C=O) groups is 2. The lowest BCUT2D eigenvalue weighted by molar-refractivity contribution is -0.143. The summed E-state index contributed by atoms with van der Waals surface area (Å²) in [5, 5.41) is 8.57. The normalized spacial score (nSPS) is 21.2. The lowest BCUT2D eigenvalue weighted by Gasteiger charge is -2.44. The number of pyridine rings is 1. The number of nitrogens with zero attached hydrogens (tertiary/aromatic N) is 3. The molecule has 0 spiro atoms. The van der Waals surface area contributed by atoms with E-state index in [0.717, 1.165) is 21.8 Å². The van der Waals surface area contributed by atoms with Gasteiger partial charge in [0.25, 0.3) is 0 Å². The Bertz CT molecular complexity index is 1300. The van der Waals surface area contributed by atoms with E-state index in [1.54, 1.807) is 23.4 Å². The van der Waals surface area contributed by atoms with E-state index in [9.17, 15) is 9.59 Å². The molecule has 4 heterocycles. The molecule has 0 bridgehead atoms. The molecule has 2 aliphatic rings. The number of fused-ring (bicyclic) bond motifs is 3. The van der Waals surface area contributed by atoms with Crippen molar-refractivity contribution in [2.24, 2.45) is 0 Å². The Hall–Kier alpha value is -2.92. The van der Waals surface area contributed by atoms with E-state index >= 15 is 0 Å². The van der Waals surface area contributed by atoms with Gasteiger partial charge in [0.05, 0.1) is 48.3 Å². The minimum absolute atomic E-state index is 0.112. The number of aromatic amines is 1. The minimum Gasteiger partial charge on any atom is -0.378 e. The van der Waals surface area contributed by atoms with Gasteiger partial charge in [-0.15, -0.1) is 0 Å². The van der Waals surface area contributed by atoms with E-state index in [1.807, 2.05) is 32.9 Å². The number of H-pyrrole nitrogens is 1. The number of ether oxygens (including phenoxy) is 2. The van der Waals surface area contributed by atoms with Gasteiger partial charge in [0.2, 0.25) is 5.91 Å².